The fraction of sp³-hybridized carbons (Fsp3) is 0.692. The van der Waals surface area contributed by atoms with Gasteiger partial charge in [-0.15, -0.1) is 11.8 Å². The molecule has 1 unspecified atom stereocenters. The second-order valence-electron chi connectivity index (χ2n) is 4.87. The quantitative estimate of drug-likeness (QED) is 0.891. The molecule has 1 saturated carbocycles. The first-order chi connectivity index (χ1) is 8.66. The van der Waals surface area contributed by atoms with Gasteiger partial charge in [-0.2, -0.15) is 5.10 Å². The normalized spacial score (nSPS) is 18.7. The predicted octanol–water partition coefficient (Wildman–Crippen LogP) is 3.09. The van der Waals surface area contributed by atoms with Crippen molar-refractivity contribution in [2.75, 3.05) is 0 Å². The molecule has 2 rings (SSSR count). The lowest BCUT2D eigenvalue weighted by atomic mass is 9.96. The van der Waals surface area contributed by atoms with Gasteiger partial charge in [0.2, 0.25) is 0 Å². The summed E-state index contributed by atoms with van der Waals surface area (Å²) >= 11 is 1.42. The van der Waals surface area contributed by atoms with Crippen LogP contribution in [0.1, 0.15) is 50.8 Å². The summed E-state index contributed by atoms with van der Waals surface area (Å²) < 4.78 is 2.07. The minimum absolute atomic E-state index is 0.371. The Morgan fingerprint density at radius 1 is 1.56 bits per heavy atom. The highest BCUT2D eigenvalue weighted by molar-refractivity contribution is 7.99. The summed E-state index contributed by atoms with van der Waals surface area (Å²) in [7, 11) is 0. The molecule has 18 heavy (non-hydrogen) atoms. The summed E-state index contributed by atoms with van der Waals surface area (Å²) in [6.45, 7) is 1.71. The van der Waals surface area contributed by atoms with Gasteiger partial charge in [0.05, 0.1) is 17.0 Å². The third-order valence-corrected chi connectivity index (χ3v) is 4.61. The molecule has 1 aromatic heterocycles. The van der Waals surface area contributed by atoms with Gasteiger partial charge in [0.25, 0.3) is 0 Å². The topological polar surface area (TPSA) is 55.1 Å². The first kappa shape index (κ1) is 13.5. The van der Waals surface area contributed by atoms with Crippen molar-refractivity contribution in [3.8, 4) is 0 Å². The average molecular weight is 268 g/mol. The molecule has 0 amide bonds. The van der Waals surface area contributed by atoms with Crippen LogP contribution in [0.4, 0.5) is 0 Å². The Morgan fingerprint density at radius 3 is 2.94 bits per heavy atom. The number of nitrogens with zero attached hydrogens (tertiary/aromatic N) is 2. The van der Waals surface area contributed by atoms with Crippen LogP contribution in [-0.2, 0) is 10.5 Å². The number of aliphatic carboxylic acids is 1. The second-order valence-corrected chi connectivity index (χ2v) is 6.20. The first-order valence-electron chi connectivity index (χ1n) is 6.55. The number of carbonyl (C=O) groups is 1. The van der Waals surface area contributed by atoms with Crippen molar-refractivity contribution in [2.24, 2.45) is 0 Å². The Hall–Kier alpha value is -0.970. The molecule has 1 aliphatic rings. The third-order valence-electron chi connectivity index (χ3n) is 3.44. The van der Waals surface area contributed by atoms with Gasteiger partial charge in [0.15, 0.2) is 0 Å². The van der Waals surface area contributed by atoms with Crippen LogP contribution >= 0.6 is 11.8 Å². The van der Waals surface area contributed by atoms with Crippen LogP contribution in [0.3, 0.4) is 0 Å². The van der Waals surface area contributed by atoms with E-state index in [1.165, 1.54) is 43.9 Å². The van der Waals surface area contributed by atoms with Crippen molar-refractivity contribution in [3.05, 3.63) is 18.0 Å². The summed E-state index contributed by atoms with van der Waals surface area (Å²) in [6.07, 6.45) is 8.42. The molecule has 100 valence electrons. The molecule has 0 radical (unpaired) electrons. The number of thioether (sulfide) groups is 1. The van der Waals surface area contributed by atoms with Crippen molar-refractivity contribution >= 4 is 17.7 Å². The summed E-state index contributed by atoms with van der Waals surface area (Å²) in [6, 6.07) is 2.56. The number of hydrogen-bond acceptors (Lipinski definition) is 3. The maximum absolute atomic E-state index is 10.7. The largest absolute Gasteiger partial charge is 0.480 e. The molecule has 1 aromatic rings. The van der Waals surface area contributed by atoms with E-state index in [4.69, 9.17) is 5.11 Å². The van der Waals surface area contributed by atoms with E-state index in [0.717, 1.165) is 5.69 Å². The zero-order valence-corrected chi connectivity index (χ0v) is 11.5. The summed E-state index contributed by atoms with van der Waals surface area (Å²) in [5.74, 6) is -0.0839. The van der Waals surface area contributed by atoms with E-state index in [1.54, 1.807) is 6.92 Å². The van der Waals surface area contributed by atoms with Gasteiger partial charge < -0.3 is 5.11 Å². The molecule has 1 N–H and O–H groups in total. The highest BCUT2D eigenvalue weighted by atomic mass is 32.2. The standard InChI is InChI=1S/C13H20N2O2S/c1-10(13(16)17)18-9-11-7-8-15(14-11)12-5-3-2-4-6-12/h7-8,10,12H,2-6,9H2,1H3,(H,16,17). The fourth-order valence-electron chi connectivity index (χ4n) is 2.28. The highest BCUT2D eigenvalue weighted by Crippen LogP contribution is 2.28. The van der Waals surface area contributed by atoms with Gasteiger partial charge >= 0.3 is 5.97 Å². The number of carboxylic acid groups (broad SMARTS) is 1. The van der Waals surface area contributed by atoms with E-state index in [1.807, 2.05) is 12.3 Å². The fourth-order valence-corrected chi connectivity index (χ4v) is 3.00. The van der Waals surface area contributed by atoms with Gasteiger partial charge in [-0.3, -0.25) is 9.48 Å². The lowest BCUT2D eigenvalue weighted by molar-refractivity contribution is -0.136. The molecular formula is C13H20N2O2S. The Balaban J connectivity index is 1.87. The molecular weight excluding hydrogens is 248 g/mol. The van der Waals surface area contributed by atoms with Crippen LogP contribution in [0.25, 0.3) is 0 Å². The molecule has 0 aliphatic heterocycles. The first-order valence-corrected chi connectivity index (χ1v) is 7.60. The van der Waals surface area contributed by atoms with Crippen LogP contribution in [-0.4, -0.2) is 26.1 Å². The molecule has 5 heteroatoms. The number of rotatable bonds is 5. The van der Waals surface area contributed by atoms with E-state index in [2.05, 4.69) is 9.78 Å². The molecule has 0 aromatic carbocycles. The minimum atomic E-state index is -0.758. The average Bonchev–Trinajstić information content (AvgIpc) is 2.85. The zero-order chi connectivity index (χ0) is 13.0. The monoisotopic (exact) mass is 268 g/mol. The Labute approximate surface area is 112 Å². The molecule has 1 fully saturated rings. The van der Waals surface area contributed by atoms with E-state index in [0.29, 0.717) is 11.8 Å². The van der Waals surface area contributed by atoms with E-state index >= 15 is 0 Å². The Morgan fingerprint density at radius 2 is 2.28 bits per heavy atom. The van der Waals surface area contributed by atoms with E-state index in [9.17, 15) is 4.79 Å². The molecule has 1 aliphatic carbocycles. The predicted molar refractivity (Wildman–Crippen MR) is 72.7 cm³/mol. The van der Waals surface area contributed by atoms with E-state index < -0.39 is 5.97 Å². The van der Waals surface area contributed by atoms with Crippen molar-refractivity contribution in [1.82, 2.24) is 9.78 Å². The van der Waals surface area contributed by atoms with Crippen LogP contribution in [0.5, 0.6) is 0 Å². The molecule has 0 spiro atoms. The van der Waals surface area contributed by atoms with Crippen LogP contribution in [0.15, 0.2) is 12.3 Å². The number of hydrogen-bond donors (Lipinski definition) is 1. The van der Waals surface area contributed by atoms with Crippen LogP contribution < -0.4 is 0 Å². The van der Waals surface area contributed by atoms with Gasteiger partial charge in [-0.25, -0.2) is 0 Å². The lowest BCUT2D eigenvalue weighted by Crippen LogP contribution is -2.14. The summed E-state index contributed by atoms with van der Waals surface area (Å²) in [4.78, 5) is 10.7. The SMILES string of the molecule is CC(SCc1ccn(C2CCCCC2)n1)C(=O)O. The number of aromatic nitrogens is 2. The highest BCUT2D eigenvalue weighted by Gasteiger charge is 2.17. The van der Waals surface area contributed by atoms with Gasteiger partial charge in [0.1, 0.15) is 0 Å². The van der Waals surface area contributed by atoms with Gasteiger partial charge in [-0.1, -0.05) is 19.3 Å². The Bertz CT molecular complexity index is 399. The molecule has 1 heterocycles. The molecule has 0 bridgehead atoms. The summed E-state index contributed by atoms with van der Waals surface area (Å²) in [5, 5.41) is 13.0. The Kier molecular flexibility index (Phi) is 4.69. The van der Waals surface area contributed by atoms with Gasteiger partial charge in [0, 0.05) is 11.9 Å². The maximum Gasteiger partial charge on any atom is 0.316 e. The van der Waals surface area contributed by atoms with Crippen molar-refractivity contribution in [3.63, 3.8) is 0 Å². The number of carboxylic acids is 1. The third kappa shape index (κ3) is 3.51. The lowest BCUT2D eigenvalue weighted by Gasteiger charge is -2.21. The second kappa shape index (κ2) is 6.27. The van der Waals surface area contributed by atoms with Crippen molar-refractivity contribution in [1.29, 1.82) is 0 Å². The molecule has 4 nitrogen and oxygen atoms in total. The zero-order valence-electron chi connectivity index (χ0n) is 10.7. The van der Waals surface area contributed by atoms with Crippen LogP contribution in [0, 0.1) is 0 Å². The molecule has 0 saturated heterocycles. The van der Waals surface area contributed by atoms with Crippen LogP contribution in [0.2, 0.25) is 0 Å². The minimum Gasteiger partial charge on any atom is -0.480 e. The smallest absolute Gasteiger partial charge is 0.316 e. The van der Waals surface area contributed by atoms with Crippen molar-refractivity contribution in [2.45, 2.75) is 56.1 Å². The van der Waals surface area contributed by atoms with Gasteiger partial charge in [-0.05, 0) is 25.8 Å². The maximum atomic E-state index is 10.7. The summed E-state index contributed by atoms with van der Waals surface area (Å²) in [5.41, 5.74) is 0.985. The van der Waals surface area contributed by atoms with Crippen molar-refractivity contribution < 1.29 is 9.90 Å². The molecule has 1 atom stereocenters. The van der Waals surface area contributed by atoms with E-state index in [-0.39, 0.29) is 5.25 Å².